The number of nitrogens with zero attached hydrogens (tertiary/aromatic N) is 1. The van der Waals surface area contributed by atoms with Crippen molar-refractivity contribution in [2.45, 2.75) is 57.0 Å². The first-order chi connectivity index (χ1) is 11.5. The van der Waals surface area contributed by atoms with E-state index in [4.69, 9.17) is 9.47 Å². The number of hydrogen-bond donors (Lipinski definition) is 0. The molecule has 0 N–H and O–H groups in total. The summed E-state index contributed by atoms with van der Waals surface area (Å²) >= 11 is 0. The maximum Gasteiger partial charge on any atom is 0.306 e. The number of ether oxygens (including phenoxy) is 2. The summed E-state index contributed by atoms with van der Waals surface area (Å²) < 4.78 is 11.4. The molecule has 1 saturated carbocycles. The molecule has 1 aliphatic rings. The molecule has 0 amide bonds. The van der Waals surface area contributed by atoms with Crippen LogP contribution in [0.5, 0.6) is 5.75 Å². The van der Waals surface area contributed by atoms with Gasteiger partial charge in [-0.25, -0.2) is 0 Å². The Morgan fingerprint density at radius 2 is 1.76 bits per heavy atom. The fraction of sp³-hybridized carbons (Fsp3) is 0.650. The van der Waals surface area contributed by atoms with Gasteiger partial charge >= 0.3 is 5.97 Å². The maximum absolute atomic E-state index is 12.2. The van der Waals surface area contributed by atoms with Gasteiger partial charge in [-0.3, -0.25) is 4.79 Å². The summed E-state index contributed by atoms with van der Waals surface area (Å²) in [6.07, 6.45) is 5.79. The molecule has 4 nitrogen and oxygen atoms in total. The lowest BCUT2D eigenvalue weighted by molar-refractivity contribution is -0.167. The van der Waals surface area contributed by atoms with Gasteiger partial charge in [-0.05, 0) is 57.5 Å². The molecule has 0 radical (unpaired) electrons. The fourth-order valence-electron chi connectivity index (χ4n) is 3.75. The minimum atomic E-state index is -0.385. The Bertz CT molecular complexity index is 524. The van der Waals surface area contributed by atoms with Gasteiger partial charge in [0.15, 0.2) is 0 Å². The highest BCUT2D eigenvalue weighted by atomic mass is 35.5. The van der Waals surface area contributed by atoms with Gasteiger partial charge < -0.3 is 14.4 Å². The summed E-state index contributed by atoms with van der Waals surface area (Å²) in [7, 11) is 5.83. The summed E-state index contributed by atoms with van der Waals surface area (Å²) in [5.41, 5.74) is 0.833. The first-order valence-corrected chi connectivity index (χ1v) is 9.01. The molecule has 142 valence electrons. The van der Waals surface area contributed by atoms with E-state index in [1.165, 1.54) is 12.0 Å². The van der Waals surface area contributed by atoms with Crippen molar-refractivity contribution in [3.8, 4) is 5.75 Å². The number of esters is 1. The van der Waals surface area contributed by atoms with E-state index in [1.54, 1.807) is 7.11 Å². The van der Waals surface area contributed by atoms with Crippen LogP contribution in [0.25, 0.3) is 0 Å². The molecular formula is C20H32ClNO3. The van der Waals surface area contributed by atoms with Crippen LogP contribution in [-0.4, -0.2) is 44.2 Å². The standard InChI is InChI=1S/C20H31NO3.ClH/c1-5-19(22)24-20(13-7-6-8-14-20)18(15-21(2)3)16-9-11-17(23-4)12-10-16;/h9-12,18H,5-8,13-15H2,1-4H3;1H. The Kier molecular flexibility index (Phi) is 8.74. The Morgan fingerprint density at radius 3 is 2.24 bits per heavy atom. The smallest absolute Gasteiger partial charge is 0.306 e. The van der Waals surface area contributed by atoms with Crippen LogP contribution in [0.2, 0.25) is 0 Å². The van der Waals surface area contributed by atoms with Gasteiger partial charge in [-0.1, -0.05) is 25.5 Å². The molecule has 0 bridgehead atoms. The number of benzene rings is 1. The average molecular weight is 370 g/mol. The van der Waals surface area contributed by atoms with Crippen LogP contribution in [-0.2, 0) is 9.53 Å². The first kappa shape index (κ1) is 21.8. The number of hydrogen-bond acceptors (Lipinski definition) is 4. The van der Waals surface area contributed by atoms with E-state index in [-0.39, 0.29) is 29.9 Å². The molecule has 0 saturated heterocycles. The van der Waals surface area contributed by atoms with E-state index in [9.17, 15) is 4.79 Å². The molecule has 5 heteroatoms. The van der Waals surface area contributed by atoms with Crippen molar-refractivity contribution in [2.24, 2.45) is 0 Å². The van der Waals surface area contributed by atoms with Gasteiger partial charge in [0.25, 0.3) is 0 Å². The van der Waals surface area contributed by atoms with E-state index in [2.05, 4.69) is 31.1 Å². The molecule has 1 atom stereocenters. The van der Waals surface area contributed by atoms with E-state index in [0.717, 1.165) is 38.0 Å². The van der Waals surface area contributed by atoms with Crippen LogP contribution in [0.15, 0.2) is 24.3 Å². The highest BCUT2D eigenvalue weighted by Crippen LogP contribution is 2.43. The van der Waals surface area contributed by atoms with Crippen LogP contribution >= 0.6 is 12.4 Å². The van der Waals surface area contributed by atoms with Crippen LogP contribution < -0.4 is 4.74 Å². The molecule has 1 fully saturated rings. The van der Waals surface area contributed by atoms with Crippen LogP contribution in [0, 0.1) is 0 Å². The van der Waals surface area contributed by atoms with Gasteiger partial charge in [0.2, 0.25) is 0 Å². The normalized spacial score (nSPS) is 17.5. The Balaban J connectivity index is 0.00000312. The van der Waals surface area contributed by atoms with Gasteiger partial charge in [0, 0.05) is 18.9 Å². The van der Waals surface area contributed by atoms with Gasteiger partial charge in [0.1, 0.15) is 11.4 Å². The molecule has 2 rings (SSSR count). The van der Waals surface area contributed by atoms with E-state index >= 15 is 0 Å². The predicted octanol–water partition coefficient (Wildman–Crippen LogP) is 4.42. The molecule has 0 heterocycles. The lowest BCUT2D eigenvalue weighted by Gasteiger charge is -2.44. The SMILES string of the molecule is CCC(=O)OC1(C(CN(C)C)c2ccc(OC)cc2)CCCCC1.Cl. The summed E-state index contributed by atoms with van der Waals surface area (Å²) in [4.78, 5) is 14.3. The van der Waals surface area contributed by atoms with Crippen LogP contribution in [0.1, 0.15) is 56.9 Å². The Hall–Kier alpha value is -1.26. The van der Waals surface area contributed by atoms with E-state index < -0.39 is 0 Å². The predicted molar refractivity (Wildman–Crippen MR) is 104 cm³/mol. The highest BCUT2D eigenvalue weighted by Gasteiger charge is 2.44. The summed E-state index contributed by atoms with van der Waals surface area (Å²) in [5.74, 6) is 0.939. The molecule has 0 spiro atoms. The fourth-order valence-corrected chi connectivity index (χ4v) is 3.75. The number of carbonyl (C=O) groups is 1. The van der Waals surface area contributed by atoms with Crippen molar-refractivity contribution < 1.29 is 14.3 Å². The minimum absolute atomic E-state index is 0. The van der Waals surface area contributed by atoms with Crippen molar-refractivity contribution in [1.82, 2.24) is 4.90 Å². The van der Waals surface area contributed by atoms with E-state index in [0.29, 0.717) is 6.42 Å². The third kappa shape index (κ3) is 5.61. The number of carbonyl (C=O) groups excluding carboxylic acids is 1. The molecule has 0 aromatic heterocycles. The number of likely N-dealkylation sites (N-methyl/N-ethyl adjacent to an activating group) is 1. The monoisotopic (exact) mass is 369 g/mol. The topological polar surface area (TPSA) is 38.8 Å². The van der Waals surface area contributed by atoms with Crippen molar-refractivity contribution in [2.75, 3.05) is 27.7 Å². The third-order valence-corrected chi connectivity index (χ3v) is 5.01. The van der Waals surface area contributed by atoms with Gasteiger partial charge in [0.05, 0.1) is 7.11 Å². The molecular weight excluding hydrogens is 338 g/mol. The van der Waals surface area contributed by atoms with Crippen molar-refractivity contribution in [1.29, 1.82) is 0 Å². The number of methoxy groups -OCH3 is 1. The van der Waals surface area contributed by atoms with Crippen molar-refractivity contribution in [3.05, 3.63) is 29.8 Å². The second kappa shape index (κ2) is 10.0. The second-order valence-electron chi connectivity index (χ2n) is 7.04. The molecule has 1 aromatic carbocycles. The van der Waals surface area contributed by atoms with Crippen LogP contribution in [0.3, 0.4) is 0 Å². The number of rotatable bonds is 7. The second-order valence-corrected chi connectivity index (χ2v) is 7.04. The lowest BCUT2D eigenvalue weighted by atomic mass is 9.72. The minimum Gasteiger partial charge on any atom is -0.497 e. The van der Waals surface area contributed by atoms with Gasteiger partial charge in [-0.2, -0.15) is 0 Å². The zero-order chi connectivity index (χ0) is 17.6. The van der Waals surface area contributed by atoms with Gasteiger partial charge in [-0.15, -0.1) is 12.4 Å². The largest absolute Gasteiger partial charge is 0.497 e. The summed E-state index contributed by atoms with van der Waals surface area (Å²) in [6, 6.07) is 8.22. The maximum atomic E-state index is 12.2. The summed E-state index contributed by atoms with van der Waals surface area (Å²) in [5, 5.41) is 0. The zero-order valence-corrected chi connectivity index (χ0v) is 16.7. The molecule has 1 aromatic rings. The number of halogens is 1. The summed E-state index contributed by atoms with van der Waals surface area (Å²) in [6.45, 7) is 2.73. The molecule has 1 aliphatic carbocycles. The third-order valence-electron chi connectivity index (χ3n) is 5.01. The average Bonchev–Trinajstić information content (AvgIpc) is 2.60. The van der Waals surface area contributed by atoms with E-state index in [1.807, 2.05) is 19.1 Å². The Labute approximate surface area is 158 Å². The highest BCUT2D eigenvalue weighted by molar-refractivity contribution is 5.85. The molecule has 1 unspecified atom stereocenters. The quantitative estimate of drug-likeness (QED) is 0.667. The van der Waals surface area contributed by atoms with Crippen molar-refractivity contribution in [3.63, 3.8) is 0 Å². The molecule has 0 aliphatic heterocycles. The van der Waals surface area contributed by atoms with Crippen molar-refractivity contribution >= 4 is 18.4 Å². The van der Waals surface area contributed by atoms with Crippen LogP contribution in [0.4, 0.5) is 0 Å². The first-order valence-electron chi connectivity index (χ1n) is 9.01. The Morgan fingerprint density at radius 1 is 1.16 bits per heavy atom. The lowest BCUT2D eigenvalue weighted by Crippen LogP contribution is -2.46. The molecule has 25 heavy (non-hydrogen) atoms. The zero-order valence-electron chi connectivity index (χ0n) is 15.9.